The topological polar surface area (TPSA) is 59.1 Å². The molecule has 8 heteroatoms. The molecular weight excluding hydrogens is 418 g/mol. The molecular formula is C24H26F2N2O4. The van der Waals surface area contributed by atoms with E-state index in [9.17, 15) is 18.4 Å². The van der Waals surface area contributed by atoms with Crippen molar-refractivity contribution in [2.45, 2.75) is 51.3 Å². The predicted molar refractivity (Wildman–Crippen MR) is 115 cm³/mol. The largest absolute Gasteiger partial charge is 0.493 e. The highest BCUT2D eigenvalue weighted by Crippen LogP contribution is 2.33. The van der Waals surface area contributed by atoms with E-state index >= 15 is 0 Å². The molecule has 0 unspecified atom stereocenters. The van der Waals surface area contributed by atoms with Crippen LogP contribution in [0.3, 0.4) is 0 Å². The molecule has 1 aliphatic carbocycles. The highest BCUT2D eigenvalue weighted by molar-refractivity contribution is 5.95. The number of rotatable bonds is 9. The number of nitrogens with zero attached hydrogens (tertiary/aromatic N) is 2. The molecule has 6 nitrogen and oxygen atoms in total. The van der Waals surface area contributed by atoms with Crippen LogP contribution in [0.5, 0.6) is 11.5 Å². The van der Waals surface area contributed by atoms with Crippen LogP contribution in [-0.4, -0.2) is 43.0 Å². The molecule has 2 fully saturated rings. The zero-order valence-corrected chi connectivity index (χ0v) is 17.9. The second kappa shape index (κ2) is 9.54. The first kappa shape index (κ1) is 22.0. The number of benzene rings is 2. The molecule has 2 amide bonds. The van der Waals surface area contributed by atoms with Gasteiger partial charge in [-0.2, -0.15) is 8.78 Å². The first-order chi connectivity index (χ1) is 15.4. The van der Waals surface area contributed by atoms with E-state index in [4.69, 9.17) is 4.74 Å². The van der Waals surface area contributed by atoms with Gasteiger partial charge in [0, 0.05) is 31.2 Å². The third-order valence-electron chi connectivity index (χ3n) is 5.78. The predicted octanol–water partition coefficient (Wildman–Crippen LogP) is 4.16. The average molecular weight is 444 g/mol. The molecule has 4 rings (SSSR count). The number of ether oxygens (including phenoxy) is 2. The molecule has 2 aromatic carbocycles. The summed E-state index contributed by atoms with van der Waals surface area (Å²) in [7, 11) is 1.39. The number of hydrogen-bond acceptors (Lipinski definition) is 4. The monoisotopic (exact) mass is 444 g/mol. The molecule has 0 bridgehead atoms. The van der Waals surface area contributed by atoms with Crippen LogP contribution in [-0.2, 0) is 22.6 Å². The van der Waals surface area contributed by atoms with E-state index in [0.29, 0.717) is 13.0 Å². The lowest BCUT2D eigenvalue weighted by Crippen LogP contribution is -2.33. The van der Waals surface area contributed by atoms with E-state index in [-0.39, 0.29) is 35.8 Å². The molecule has 0 radical (unpaired) electrons. The molecule has 0 N–H and O–H groups in total. The maximum Gasteiger partial charge on any atom is 0.387 e. The first-order valence-electron chi connectivity index (χ1n) is 10.7. The van der Waals surface area contributed by atoms with Crippen molar-refractivity contribution in [3.05, 3.63) is 53.6 Å². The van der Waals surface area contributed by atoms with Crippen LogP contribution in [0.15, 0.2) is 42.5 Å². The van der Waals surface area contributed by atoms with E-state index in [1.54, 1.807) is 17.0 Å². The van der Waals surface area contributed by atoms with Crippen LogP contribution in [0.4, 0.5) is 14.5 Å². The van der Waals surface area contributed by atoms with Gasteiger partial charge >= 0.3 is 6.61 Å². The zero-order chi connectivity index (χ0) is 22.7. The number of carbonyl (C=O) groups excluding carboxylic acids is 2. The minimum Gasteiger partial charge on any atom is -0.493 e. The SMILES string of the molecule is COc1cc(CN(C(=O)Cc2ccc(N3CCCC3=O)cc2)C2CC2)ccc1OC(F)F. The fourth-order valence-corrected chi connectivity index (χ4v) is 4.00. The second-order valence-corrected chi connectivity index (χ2v) is 8.11. The maximum atomic E-state index is 13.1. The van der Waals surface area contributed by atoms with E-state index in [1.807, 2.05) is 29.2 Å². The van der Waals surface area contributed by atoms with Crippen LogP contribution in [0.2, 0.25) is 0 Å². The number of alkyl halides is 2. The number of anilines is 1. The molecule has 1 saturated heterocycles. The van der Waals surface area contributed by atoms with Crippen LogP contribution in [0.25, 0.3) is 0 Å². The Hall–Kier alpha value is -3.16. The fraction of sp³-hybridized carbons (Fsp3) is 0.417. The summed E-state index contributed by atoms with van der Waals surface area (Å²) < 4.78 is 34.8. The Morgan fingerprint density at radius 1 is 1.12 bits per heavy atom. The van der Waals surface area contributed by atoms with Crippen molar-refractivity contribution >= 4 is 17.5 Å². The smallest absolute Gasteiger partial charge is 0.387 e. The minimum absolute atomic E-state index is 0.00405. The van der Waals surface area contributed by atoms with Gasteiger partial charge in [-0.1, -0.05) is 18.2 Å². The quantitative estimate of drug-likeness (QED) is 0.583. The Bertz CT molecular complexity index is 976. The number of methoxy groups -OCH3 is 1. The van der Waals surface area contributed by atoms with E-state index < -0.39 is 6.61 Å². The summed E-state index contributed by atoms with van der Waals surface area (Å²) >= 11 is 0. The first-order valence-corrected chi connectivity index (χ1v) is 10.7. The normalized spacial score (nSPS) is 15.9. The molecule has 1 heterocycles. The Labute approximate surface area is 185 Å². The van der Waals surface area contributed by atoms with Gasteiger partial charge in [-0.3, -0.25) is 9.59 Å². The van der Waals surface area contributed by atoms with Crippen molar-refractivity contribution in [3.8, 4) is 11.5 Å². The molecule has 2 aliphatic rings. The summed E-state index contributed by atoms with van der Waals surface area (Å²) in [5.74, 6) is 0.309. The summed E-state index contributed by atoms with van der Waals surface area (Å²) in [5.41, 5.74) is 2.53. The lowest BCUT2D eigenvalue weighted by molar-refractivity contribution is -0.131. The molecule has 0 atom stereocenters. The molecule has 32 heavy (non-hydrogen) atoms. The van der Waals surface area contributed by atoms with Crippen molar-refractivity contribution in [1.29, 1.82) is 0 Å². The molecule has 0 spiro atoms. The van der Waals surface area contributed by atoms with Gasteiger partial charge in [0.25, 0.3) is 0 Å². The van der Waals surface area contributed by atoms with Gasteiger partial charge in [0.05, 0.1) is 13.5 Å². The van der Waals surface area contributed by atoms with Gasteiger partial charge in [0.15, 0.2) is 11.5 Å². The standard InChI is InChI=1S/C24H26F2N2O4/c1-31-21-13-17(6-11-20(21)32-24(25)26)15-28(19-9-10-19)23(30)14-16-4-7-18(8-5-16)27-12-2-3-22(27)29/h4-8,11,13,19,24H,2-3,9-10,12,14-15H2,1H3. The minimum atomic E-state index is -2.94. The van der Waals surface area contributed by atoms with Crippen LogP contribution in [0.1, 0.15) is 36.8 Å². The molecule has 1 saturated carbocycles. The van der Waals surface area contributed by atoms with E-state index in [1.165, 1.54) is 13.2 Å². The van der Waals surface area contributed by atoms with Gasteiger partial charge in [0.2, 0.25) is 11.8 Å². The summed E-state index contributed by atoms with van der Waals surface area (Å²) in [6.45, 7) is -1.83. The number of halogens is 2. The van der Waals surface area contributed by atoms with Gasteiger partial charge in [-0.25, -0.2) is 0 Å². The fourth-order valence-electron chi connectivity index (χ4n) is 4.00. The summed E-state index contributed by atoms with van der Waals surface area (Å²) in [4.78, 5) is 28.6. The van der Waals surface area contributed by atoms with Gasteiger partial charge in [-0.15, -0.1) is 0 Å². The second-order valence-electron chi connectivity index (χ2n) is 8.11. The maximum absolute atomic E-state index is 13.1. The molecule has 2 aromatic rings. The number of hydrogen-bond donors (Lipinski definition) is 0. The third-order valence-corrected chi connectivity index (χ3v) is 5.78. The lowest BCUT2D eigenvalue weighted by Gasteiger charge is -2.23. The zero-order valence-electron chi connectivity index (χ0n) is 17.9. The van der Waals surface area contributed by atoms with Crippen molar-refractivity contribution in [2.24, 2.45) is 0 Å². The highest BCUT2D eigenvalue weighted by Gasteiger charge is 2.32. The van der Waals surface area contributed by atoms with Gasteiger partial charge in [-0.05, 0) is 54.7 Å². The van der Waals surface area contributed by atoms with Crippen molar-refractivity contribution in [1.82, 2.24) is 4.90 Å². The number of carbonyl (C=O) groups is 2. The highest BCUT2D eigenvalue weighted by atomic mass is 19.3. The van der Waals surface area contributed by atoms with Gasteiger partial charge < -0.3 is 19.3 Å². The third kappa shape index (κ3) is 5.18. The summed E-state index contributed by atoms with van der Waals surface area (Å²) in [6, 6.07) is 12.5. The van der Waals surface area contributed by atoms with E-state index in [0.717, 1.165) is 42.6 Å². The number of amides is 2. The lowest BCUT2D eigenvalue weighted by atomic mass is 10.1. The average Bonchev–Trinajstić information content (AvgIpc) is 3.53. The van der Waals surface area contributed by atoms with Crippen LogP contribution in [0, 0.1) is 0 Å². The Morgan fingerprint density at radius 3 is 2.44 bits per heavy atom. The van der Waals surface area contributed by atoms with Gasteiger partial charge in [0.1, 0.15) is 0 Å². The Balaban J connectivity index is 1.43. The van der Waals surface area contributed by atoms with Crippen LogP contribution < -0.4 is 14.4 Å². The summed E-state index contributed by atoms with van der Waals surface area (Å²) in [5, 5.41) is 0. The van der Waals surface area contributed by atoms with Crippen molar-refractivity contribution in [3.63, 3.8) is 0 Å². The van der Waals surface area contributed by atoms with Crippen molar-refractivity contribution in [2.75, 3.05) is 18.6 Å². The van der Waals surface area contributed by atoms with Crippen molar-refractivity contribution < 1.29 is 27.8 Å². The van der Waals surface area contributed by atoms with E-state index in [2.05, 4.69) is 4.74 Å². The van der Waals surface area contributed by atoms with Crippen LogP contribution >= 0.6 is 0 Å². The Kier molecular flexibility index (Phi) is 6.58. The molecule has 1 aliphatic heterocycles. The molecule has 170 valence electrons. The Morgan fingerprint density at radius 2 is 1.84 bits per heavy atom. The molecule has 0 aromatic heterocycles. The summed E-state index contributed by atoms with van der Waals surface area (Å²) in [6.07, 6.45) is 3.61.